The first-order chi connectivity index (χ1) is 8.36. The molecule has 0 aromatic heterocycles. The highest BCUT2D eigenvalue weighted by molar-refractivity contribution is 4.96. The van der Waals surface area contributed by atoms with E-state index in [1.54, 1.807) is 0 Å². The molecule has 3 aliphatic rings. The van der Waals surface area contributed by atoms with Gasteiger partial charge >= 0.3 is 0 Å². The Bertz CT molecular complexity index is 239. The van der Waals surface area contributed by atoms with E-state index in [0.717, 1.165) is 13.2 Å². The minimum Gasteiger partial charge on any atom is -0.381 e. The second kappa shape index (κ2) is 5.22. The molecule has 4 nitrogen and oxygen atoms in total. The van der Waals surface area contributed by atoms with E-state index in [0.29, 0.717) is 5.41 Å². The Kier molecular flexibility index (Phi) is 3.66. The lowest BCUT2D eigenvalue weighted by Gasteiger charge is -2.52. The summed E-state index contributed by atoms with van der Waals surface area (Å²) in [6.07, 6.45) is 2.58. The van der Waals surface area contributed by atoms with Crippen molar-refractivity contribution in [2.75, 3.05) is 65.6 Å². The topological polar surface area (TPSA) is 27.7 Å². The third kappa shape index (κ3) is 2.81. The molecule has 3 aliphatic heterocycles. The highest BCUT2D eigenvalue weighted by atomic mass is 16.5. The number of nitrogens with zero attached hydrogens (tertiary/aromatic N) is 2. The van der Waals surface area contributed by atoms with Gasteiger partial charge in [0, 0.05) is 71.0 Å². The van der Waals surface area contributed by atoms with Crippen molar-refractivity contribution in [3.8, 4) is 0 Å². The van der Waals surface area contributed by atoms with Crippen LogP contribution in [0, 0.1) is 5.41 Å². The fourth-order valence-corrected chi connectivity index (χ4v) is 3.40. The summed E-state index contributed by atoms with van der Waals surface area (Å²) in [5.41, 5.74) is 0.641. The maximum absolute atomic E-state index is 5.46. The number of rotatable bonds is 3. The molecule has 3 fully saturated rings. The Balaban J connectivity index is 1.35. The summed E-state index contributed by atoms with van der Waals surface area (Å²) in [5.74, 6) is 0. The van der Waals surface area contributed by atoms with E-state index in [9.17, 15) is 0 Å². The number of nitrogens with one attached hydrogen (secondary N) is 1. The summed E-state index contributed by atoms with van der Waals surface area (Å²) in [7, 11) is 0. The zero-order valence-electron chi connectivity index (χ0n) is 10.8. The summed E-state index contributed by atoms with van der Waals surface area (Å²) < 4.78 is 5.46. The fraction of sp³-hybridized carbons (Fsp3) is 1.00. The van der Waals surface area contributed by atoms with Gasteiger partial charge < -0.3 is 15.0 Å². The van der Waals surface area contributed by atoms with Gasteiger partial charge in [0.1, 0.15) is 0 Å². The maximum Gasteiger partial charge on any atom is 0.0472 e. The first-order valence-electron chi connectivity index (χ1n) is 7.10. The van der Waals surface area contributed by atoms with Gasteiger partial charge in [0.15, 0.2) is 0 Å². The molecule has 0 aliphatic carbocycles. The first kappa shape index (κ1) is 11.9. The highest BCUT2D eigenvalue weighted by Crippen LogP contribution is 2.39. The average Bonchev–Trinajstić information content (AvgIpc) is 2.36. The molecule has 0 saturated carbocycles. The zero-order chi connectivity index (χ0) is 11.6. The molecule has 17 heavy (non-hydrogen) atoms. The maximum atomic E-state index is 5.46. The summed E-state index contributed by atoms with van der Waals surface area (Å²) in [4.78, 5) is 5.22. The van der Waals surface area contributed by atoms with Crippen LogP contribution in [-0.4, -0.2) is 75.4 Å². The SMILES string of the molecule is C1CN(CCN2CC3(CCOCC3)C2)CCN1. The molecule has 3 heterocycles. The molecule has 0 atom stereocenters. The van der Waals surface area contributed by atoms with Gasteiger partial charge in [0.2, 0.25) is 0 Å². The standard InChI is InChI=1S/C13H25N3O/c1-9-17-10-2-13(1)11-16(12-13)8-7-15-5-3-14-4-6-15/h14H,1-12H2. The fourth-order valence-electron chi connectivity index (χ4n) is 3.40. The van der Waals surface area contributed by atoms with Crippen LogP contribution in [-0.2, 0) is 4.74 Å². The van der Waals surface area contributed by atoms with Gasteiger partial charge in [-0.1, -0.05) is 0 Å². The van der Waals surface area contributed by atoms with E-state index in [1.165, 1.54) is 65.2 Å². The van der Waals surface area contributed by atoms with E-state index < -0.39 is 0 Å². The molecule has 0 aromatic rings. The average molecular weight is 239 g/mol. The number of likely N-dealkylation sites (tertiary alicyclic amines) is 1. The summed E-state index contributed by atoms with van der Waals surface area (Å²) in [6, 6.07) is 0. The highest BCUT2D eigenvalue weighted by Gasteiger charge is 2.43. The van der Waals surface area contributed by atoms with Gasteiger partial charge in [-0.15, -0.1) is 0 Å². The Morgan fingerprint density at radius 1 is 0.941 bits per heavy atom. The summed E-state index contributed by atoms with van der Waals surface area (Å²) >= 11 is 0. The quantitative estimate of drug-likeness (QED) is 0.750. The Hall–Kier alpha value is -0.160. The van der Waals surface area contributed by atoms with Gasteiger partial charge in [-0.25, -0.2) is 0 Å². The van der Waals surface area contributed by atoms with Crippen molar-refractivity contribution < 1.29 is 4.74 Å². The number of piperazine rings is 1. The Morgan fingerprint density at radius 2 is 1.59 bits per heavy atom. The Morgan fingerprint density at radius 3 is 2.29 bits per heavy atom. The predicted molar refractivity (Wildman–Crippen MR) is 68.2 cm³/mol. The lowest BCUT2D eigenvalue weighted by Crippen LogP contribution is -2.60. The smallest absolute Gasteiger partial charge is 0.0472 e. The molecular weight excluding hydrogens is 214 g/mol. The molecule has 4 heteroatoms. The molecule has 0 unspecified atom stereocenters. The van der Waals surface area contributed by atoms with Crippen molar-refractivity contribution in [2.45, 2.75) is 12.8 Å². The van der Waals surface area contributed by atoms with Gasteiger partial charge in [0.05, 0.1) is 0 Å². The van der Waals surface area contributed by atoms with E-state index in [-0.39, 0.29) is 0 Å². The molecule has 3 saturated heterocycles. The second-order valence-electron chi connectivity index (χ2n) is 5.91. The molecule has 0 radical (unpaired) electrons. The molecular formula is C13H25N3O. The molecule has 1 N–H and O–H groups in total. The monoisotopic (exact) mass is 239 g/mol. The van der Waals surface area contributed by atoms with Crippen molar-refractivity contribution in [3.05, 3.63) is 0 Å². The van der Waals surface area contributed by atoms with Crippen molar-refractivity contribution >= 4 is 0 Å². The van der Waals surface area contributed by atoms with E-state index in [4.69, 9.17) is 4.74 Å². The van der Waals surface area contributed by atoms with Crippen molar-refractivity contribution in [1.82, 2.24) is 15.1 Å². The van der Waals surface area contributed by atoms with E-state index >= 15 is 0 Å². The third-order valence-electron chi connectivity index (χ3n) is 4.61. The number of ether oxygens (including phenoxy) is 1. The van der Waals surface area contributed by atoms with Crippen LogP contribution in [0.1, 0.15) is 12.8 Å². The van der Waals surface area contributed by atoms with Crippen LogP contribution in [0.3, 0.4) is 0 Å². The minimum atomic E-state index is 0.641. The molecule has 0 aromatic carbocycles. The predicted octanol–water partition coefficient (Wildman–Crippen LogP) is 0.00400. The number of hydrogen-bond donors (Lipinski definition) is 1. The largest absolute Gasteiger partial charge is 0.381 e. The van der Waals surface area contributed by atoms with Crippen molar-refractivity contribution in [3.63, 3.8) is 0 Å². The van der Waals surface area contributed by atoms with Crippen LogP contribution < -0.4 is 5.32 Å². The minimum absolute atomic E-state index is 0.641. The summed E-state index contributed by atoms with van der Waals surface area (Å²) in [6.45, 7) is 11.9. The zero-order valence-corrected chi connectivity index (χ0v) is 10.8. The van der Waals surface area contributed by atoms with Gasteiger partial charge in [0.25, 0.3) is 0 Å². The van der Waals surface area contributed by atoms with Crippen LogP contribution >= 0.6 is 0 Å². The molecule has 3 rings (SSSR count). The van der Waals surface area contributed by atoms with Crippen LogP contribution in [0.5, 0.6) is 0 Å². The molecule has 98 valence electrons. The van der Waals surface area contributed by atoms with Crippen LogP contribution in [0.2, 0.25) is 0 Å². The Labute approximate surface area is 104 Å². The van der Waals surface area contributed by atoms with E-state index in [2.05, 4.69) is 15.1 Å². The lowest BCUT2D eigenvalue weighted by molar-refractivity contribution is -0.0822. The lowest BCUT2D eigenvalue weighted by atomic mass is 9.73. The molecule has 1 spiro atoms. The van der Waals surface area contributed by atoms with Gasteiger partial charge in [-0.05, 0) is 12.8 Å². The van der Waals surface area contributed by atoms with Gasteiger partial charge in [-0.2, -0.15) is 0 Å². The van der Waals surface area contributed by atoms with Crippen LogP contribution in [0.4, 0.5) is 0 Å². The first-order valence-corrected chi connectivity index (χ1v) is 7.10. The van der Waals surface area contributed by atoms with Crippen molar-refractivity contribution in [2.24, 2.45) is 5.41 Å². The molecule has 0 bridgehead atoms. The van der Waals surface area contributed by atoms with Gasteiger partial charge in [-0.3, -0.25) is 4.90 Å². The van der Waals surface area contributed by atoms with E-state index in [1.807, 2.05) is 0 Å². The molecule has 0 amide bonds. The van der Waals surface area contributed by atoms with Crippen LogP contribution in [0.15, 0.2) is 0 Å². The number of hydrogen-bond acceptors (Lipinski definition) is 4. The second-order valence-corrected chi connectivity index (χ2v) is 5.91. The normalized spacial score (nSPS) is 30.4. The van der Waals surface area contributed by atoms with Crippen molar-refractivity contribution in [1.29, 1.82) is 0 Å². The van der Waals surface area contributed by atoms with Crippen LogP contribution in [0.25, 0.3) is 0 Å². The summed E-state index contributed by atoms with van der Waals surface area (Å²) in [5, 5.41) is 3.41. The third-order valence-corrected chi connectivity index (χ3v) is 4.61.